The summed E-state index contributed by atoms with van der Waals surface area (Å²) in [5, 5.41) is 2.91. The summed E-state index contributed by atoms with van der Waals surface area (Å²) in [7, 11) is 2.01. The van der Waals surface area contributed by atoms with E-state index in [0.29, 0.717) is 12.2 Å². The van der Waals surface area contributed by atoms with Gasteiger partial charge in [0.2, 0.25) is 0 Å². The largest absolute Gasteiger partial charge is 0.370 e. The Balaban J connectivity index is 1.65. The molecule has 126 valence electrons. The molecular weight excluding hydrogens is 310 g/mol. The summed E-state index contributed by atoms with van der Waals surface area (Å²) in [5.41, 5.74) is 3.67. The molecule has 0 saturated carbocycles. The van der Waals surface area contributed by atoms with E-state index in [4.69, 9.17) is 0 Å². The Labute approximate surface area is 148 Å². The number of rotatable bonds is 6. The summed E-state index contributed by atoms with van der Waals surface area (Å²) in [6.07, 6.45) is 1.67. The fraction of sp³-hybridized carbons (Fsp3) is 0.143. The van der Waals surface area contributed by atoms with Gasteiger partial charge in [0.15, 0.2) is 0 Å². The van der Waals surface area contributed by atoms with Gasteiger partial charge < -0.3 is 10.2 Å². The summed E-state index contributed by atoms with van der Waals surface area (Å²) in [6, 6.07) is 23.8. The number of benzene rings is 2. The second kappa shape index (κ2) is 8.11. The van der Waals surface area contributed by atoms with Crippen molar-refractivity contribution in [3.05, 3.63) is 95.8 Å². The summed E-state index contributed by atoms with van der Waals surface area (Å²) in [5.74, 6) is -0.168. The Kier molecular flexibility index (Phi) is 5.42. The van der Waals surface area contributed by atoms with E-state index in [1.807, 2.05) is 67.7 Å². The Bertz CT molecular complexity index is 819. The molecule has 3 aromatic rings. The lowest BCUT2D eigenvalue weighted by Gasteiger charge is -2.19. The van der Waals surface area contributed by atoms with Crippen molar-refractivity contribution < 1.29 is 4.79 Å². The fourth-order valence-corrected chi connectivity index (χ4v) is 2.60. The van der Waals surface area contributed by atoms with Crippen LogP contribution in [0.15, 0.2) is 79.0 Å². The number of nitrogens with one attached hydrogen (secondary N) is 1. The molecule has 0 saturated heterocycles. The highest BCUT2D eigenvalue weighted by molar-refractivity contribution is 5.93. The molecule has 1 heterocycles. The van der Waals surface area contributed by atoms with Crippen molar-refractivity contribution in [1.82, 2.24) is 10.3 Å². The third kappa shape index (κ3) is 4.67. The molecule has 0 aliphatic heterocycles. The Hall–Kier alpha value is -3.14. The second-order valence-electron chi connectivity index (χ2n) is 5.91. The molecule has 0 spiro atoms. The SMILES string of the molecule is CN(Cc1ccccc1)c1ccnc(C(=O)NCc2ccccc2)c1. The minimum Gasteiger partial charge on any atom is -0.370 e. The summed E-state index contributed by atoms with van der Waals surface area (Å²) in [4.78, 5) is 18.7. The van der Waals surface area contributed by atoms with Crippen LogP contribution in [0.2, 0.25) is 0 Å². The third-order valence-electron chi connectivity index (χ3n) is 3.98. The summed E-state index contributed by atoms with van der Waals surface area (Å²) < 4.78 is 0. The summed E-state index contributed by atoms with van der Waals surface area (Å²) in [6.45, 7) is 1.27. The molecule has 0 aliphatic carbocycles. The maximum absolute atomic E-state index is 12.4. The van der Waals surface area contributed by atoms with Crippen LogP contribution in [0.3, 0.4) is 0 Å². The number of hydrogen-bond acceptors (Lipinski definition) is 3. The Morgan fingerprint density at radius 3 is 2.28 bits per heavy atom. The van der Waals surface area contributed by atoms with Crippen LogP contribution in [0.4, 0.5) is 5.69 Å². The van der Waals surface area contributed by atoms with E-state index in [-0.39, 0.29) is 5.91 Å². The van der Waals surface area contributed by atoms with Gasteiger partial charge in [-0.15, -0.1) is 0 Å². The van der Waals surface area contributed by atoms with Crippen LogP contribution in [0.1, 0.15) is 21.6 Å². The molecule has 0 fully saturated rings. The topological polar surface area (TPSA) is 45.2 Å². The molecule has 2 aromatic carbocycles. The van der Waals surface area contributed by atoms with Crippen LogP contribution in [-0.2, 0) is 13.1 Å². The molecule has 0 unspecified atom stereocenters. The Morgan fingerprint density at radius 1 is 0.960 bits per heavy atom. The molecule has 0 atom stereocenters. The van der Waals surface area contributed by atoms with Crippen molar-refractivity contribution >= 4 is 11.6 Å². The number of carbonyl (C=O) groups excluding carboxylic acids is 1. The second-order valence-corrected chi connectivity index (χ2v) is 5.91. The van der Waals surface area contributed by atoms with Crippen LogP contribution in [0, 0.1) is 0 Å². The first kappa shape index (κ1) is 16.7. The monoisotopic (exact) mass is 331 g/mol. The van der Waals surface area contributed by atoms with Crippen LogP contribution < -0.4 is 10.2 Å². The maximum atomic E-state index is 12.4. The van der Waals surface area contributed by atoms with E-state index in [9.17, 15) is 4.79 Å². The van der Waals surface area contributed by atoms with Gasteiger partial charge in [-0.3, -0.25) is 9.78 Å². The van der Waals surface area contributed by atoms with Gasteiger partial charge in [0, 0.05) is 32.0 Å². The molecule has 1 aromatic heterocycles. The van der Waals surface area contributed by atoms with Gasteiger partial charge in [-0.1, -0.05) is 60.7 Å². The van der Waals surface area contributed by atoms with Crippen molar-refractivity contribution in [2.45, 2.75) is 13.1 Å². The van der Waals surface area contributed by atoms with E-state index < -0.39 is 0 Å². The van der Waals surface area contributed by atoms with Crippen LogP contribution in [0.5, 0.6) is 0 Å². The molecule has 4 nitrogen and oxygen atoms in total. The normalized spacial score (nSPS) is 10.3. The van der Waals surface area contributed by atoms with Crippen molar-refractivity contribution in [1.29, 1.82) is 0 Å². The highest BCUT2D eigenvalue weighted by Gasteiger charge is 2.10. The minimum atomic E-state index is -0.168. The number of carbonyl (C=O) groups is 1. The number of pyridine rings is 1. The highest BCUT2D eigenvalue weighted by Crippen LogP contribution is 2.16. The van der Waals surface area contributed by atoms with Gasteiger partial charge >= 0.3 is 0 Å². The predicted molar refractivity (Wildman–Crippen MR) is 100 cm³/mol. The fourth-order valence-electron chi connectivity index (χ4n) is 2.60. The number of nitrogens with zero attached hydrogens (tertiary/aromatic N) is 2. The number of anilines is 1. The molecule has 1 N–H and O–H groups in total. The van der Waals surface area contributed by atoms with Gasteiger partial charge in [-0.05, 0) is 23.3 Å². The van der Waals surface area contributed by atoms with E-state index in [0.717, 1.165) is 17.8 Å². The average molecular weight is 331 g/mol. The predicted octanol–water partition coefficient (Wildman–Crippen LogP) is 3.65. The summed E-state index contributed by atoms with van der Waals surface area (Å²) >= 11 is 0. The smallest absolute Gasteiger partial charge is 0.270 e. The molecule has 25 heavy (non-hydrogen) atoms. The first-order valence-electron chi connectivity index (χ1n) is 8.25. The van der Waals surface area contributed by atoms with Gasteiger partial charge in [0.05, 0.1) is 0 Å². The molecule has 1 amide bonds. The molecule has 3 rings (SSSR count). The minimum absolute atomic E-state index is 0.168. The zero-order valence-corrected chi connectivity index (χ0v) is 14.2. The Morgan fingerprint density at radius 2 is 1.60 bits per heavy atom. The van der Waals surface area contributed by atoms with Gasteiger partial charge in [0.25, 0.3) is 5.91 Å². The van der Waals surface area contributed by atoms with Crippen molar-refractivity contribution in [2.24, 2.45) is 0 Å². The third-order valence-corrected chi connectivity index (χ3v) is 3.98. The molecule has 4 heteroatoms. The van der Waals surface area contributed by atoms with E-state index >= 15 is 0 Å². The maximum Gasteiger partial charge on any atom is 0.270 e. The lowest BCUT2D eigenvalue weighted by molar-refractivity contribution is 0.0946. The van der Waals surface area contributed by atoms with Gasteiger partial charge in [0.1, 0.15) is 5.69 Å². The van der Waals surface area contributed by atoms with Crippen molar-refractivity contribution in [3.63, 3.8) is 0 Å². The van der Waals surface area contributed by atoms with E-state index in [1.54, 1.807) is 6.20 Å². The molecule has 0 aliphatic rings. The number of amides is 1. The number of hydrogen-bond donors (Lipinski definition) is 1. The first-order valence-corrected chi connectivity index (χ1v) is 8.25. The molecule has 0 radical (unpaired) electrons. The highest BCUT2D eigenvalue weighted by atomic mass is 16.1. The van der Waals surface area contributed by atoms with Crippen molar-refractivity contribution in [2.75, 3.05) is 11.9 Å². The zero-order chi connectivity index (χ0) is 17.5. The molecule has 0 bridgehead atoms. The molecular formula is C21H21N3O. The van der Waals surface area contributed by atoms with Crippen LogP contribution in [-0.4, -0.2) is 17.9 Å². The van der Waals surface area contributed by atoms with E-state index in [2.05, 4.69) is 27.3 Å². The quantitative estimate of drug-likeness (QED) is 0.750. The van der Waals surface area contributed by atoms with Gasteiger partial charge in [-0.25, -0.2) is 0 Å². The van der Waals surface area contributed by atoms with Crippen LogP contribution in [0.25, 0.3) is 0 Å². The average Bonchev–Trinajstić information content (AvgIpc) is 2.68. The van der Waals surface area contributed by atoms with Crippen LogP contribution >= 0.6 is 0 Å². The zero-order valence-electron chi connectivity index (χ0n) is 14.2. The lowest BCUT2D eigenvalue weighted by Crippen LogP contribution is -2.24. The van der Waals surface area contributed by atoms with Crippen molar-refractivity contribution in [3.8, 4) is 0 Å². The number of aromatic nitrogens is 1. The first-order chi connectivity index (χ1) is 12.2. The standard InChI is InChI=1S/C21H21N3O/c1-24(16-18-10-6-3-7-11-18)19-12-13-22-20(14-19)21(25)23-15-17-8-4-2-5-9-17/h2-14H,15-16H2,1H3,(H,23,25). The van der Waals surface area contributed by atoms with E-state index in [1.165, 1.54) is 5.56 Å². The lowest BCUT2D eigenvalue weighted by atomic mass is 10.2. The van der Waals surface area contributed by atoms with Gasteiger partial charge in [-0.2, -0.15) is 0 Å².